The van der Waals surface area contributed by atoms with E-state index < -0.39 is 10.2 Å². The Bertz CT molecular complexity index is 419. The summed E-state index contributed by atoms with van der Waals surface area (Å²) < 4.78 is 28.8. The maximum atomic E-state index is 11.2. The van der Waals surface area contributed by atoms with Gasteiger partial charge in [-0.05, 0) is 12.1 Å². The van der Waals surface area contributed by atoms with Gasteiger partial charge < -0.3 is 4.74 Å². The molecule has 0 atom stereocenters. The van der Waals surface area contributed by atoms with Crippen molar-refractivity contribution in [3.05, 3.63) is 30.3 Å². The zero-order valence-corrected chi connectivity index (χ0v) is 10.6. The van der Waals surface area contributed by atoms with Crippen LogP contribution in [0.2, 0.25) is 0 Å². The number of nitrogens with zero attached hydrogens (tertiary/aromatic N) is 1. The molecule has 0 fully saturated rings. The van der Waals surface area contributed by atoms with Crippen molar-refractivity contribution in [2.45, 2.75) is 0 Å². The van der Waals surface area contributed by atoms with Gasteiger partial charge in [-0.3, -0.25) is 4.84 Å². The number of hydrogen-bond donors (Lipinski definition) is 1. The van der Waals surface area contributed by atoms with Gasteiger partial charge in [0.05, 0.1) is 0 Å². The minimum atomic E-state index is -3.54. The summed E-state index contributed by atoms with van der Waals surface area (Å²) in [6.07, 6.45) is 0. The largest absolute Gasteiger partial charge is 0.491 e. The van der Waals surface area contributed by atoms with Gasteiger partial charge in [0.15, 0.2) is 0 Å². The predicted octanol–water partition coefficient (Wildman–Crippen LogP) is 0.393. The molecule has 1 aromatic carbocycles. The molecule has 0 aliphatic carbocycles. The third-order valence-corrected chi connectivity index (χ3v) is 3.13. The molecule has 0 aliphatic heterocycles. The van der Waals surface area contributed by atoms with E-state index in [-0.39, 0.29) is 13.2 Å². The zero-order valence-electron chi connectivity index (χ0n) is 9.79. The second-order valence-corrected chi connectivity index (χ2v) is 5.23. The summed E-state index contributed by atoms with van der Waals surface area (Å²) in [5, 5.41) is 0. The van der Waals surface area contributed by atoms with Gasteiger partial charge in [-0.2, -0.15) is 12.7 Å². The molecule has 0 aliphatic rings. The summed E-state index contributed by atoms with van der Waals surface area (Å²) in [4.78, 5) is 6.74. The Balaban J connectivity index is 2.18. The normalized spacial score (nSPS) is 11.7. The number of rotatable bonds is 7. The van der Waals surface area contributed by atoms with E-state index >= 15 is 0 Å². The average Bonchev–Trinajstić information content (AvgIpc) is 2.29. The summed E-state index contributed by atoms with van der Waals surface area (Å²) in [5.41, 5.74) is 0. The summed E-state index contributed by atoms with van der Waals surface area (Å²) >= 11 is 0. The monoisotopic (exact) mass is 260 g/mol. The molecule has 0 unspecified atom stereocenters. The maximum absolute atomic E-state index is 11.2. The zero-order chi connectivity index (χ0) is 12.7. The molecule has 1 N–H and O–H groups in total. The number of para-hydroxylation sites is 1. The molecule has 1 aromatic rings. The first-order valence-corrected chi connectivity index (χ1v) is 6.45. The van der Waals surface area contributed by atoms with Crippen molar-refractivity contribution in [1.29, 1.82) is 0 Å². The van der Waals surface area contributed by atoms with Gasteiger partial charge in [-0.1, -0.05) is 23.1 Å². The fourth-order valence-electron chi connectivity index (χ4n) is 0.909. The van der Waals surface area contributed by atoms with Crippen molar-refractivity contribution in [3.8, 4) is 5.75 Å². The lowest BCUT2D eigenvalue weighted by Gasteiger charge is -2.12. The van der Waals surface area contributed by atoms with Crippen LogP contribution in [0, 0.1) is 0 Å². The highest BCUT2D eigenvalue weighted by Crippen LogP contribution is 2.07. The first kappa shape index (κ1) is 13.9. The van der Waals surface area contributed by atoms with Crippen LogP contribution in [0.25, 0.3) is 0 Å². The quantitative estimate of drug-likeness (QED) is 0.569. The Kier molecular flexibility index (Phi) is 5.36. The molecule has 0 bridgehead atoms. The predicted molar refractivity (Wildman–Crippen MR) is 63.6 cm³/mol. The van der Waals surface area contributed by atoms with E-state index in [4.69, 9.17) is 9.57 Å². The number of hydrogen-bond acceptors (Lipinski definition) is 4. The van der Waals surface area contributed by atoms with Crippen LogP contribution in [0.1, 0.15) is 0 Å². The van der Waals surface area contributed by atoms with Crippen molar-refractivity contribution in [2.24, 2.45) is 0 Å². The van der Waals surface area contributed by atoms with Crippen molar-refractivity contribution < 1.29 is 18.0 Å². The third kappa shape index (κ3) is 5.14. The number of ether oxygens (including phenoxy) is 1. The van der Waals surface area contributed by atoms with Crippen LogP contribution in [0.15, 0.2) is 30.3 Å². The van der Waals surface area contributed by atoms with E-state index in [0.29, 0.717) is 5.75 Å². The highest BCUT2D eigenvalue weighted by atomic mass is 32.2. The van der Waals surface area contributed by atoms with Crippen LogP contribution in [0.4, 0.5) is 0 Å². The summed E-state index contributed by atoms with van der Waals surface area (Å²) in [6.45, 7) is 0.391. The van der Waals surface area contributed by atoms with E-state index in [0.717, 1.165) is 4.31 Å². The van der Waals surface area contributed by atoms with Crippen LogP contribution in [-0.4, -0.2) is 40.0 Å². The molecule has 7 heteroatoms. The van der Waals surface area contributed by atoms with Gasteiger partial charge in [-0.15, -0.1) is 0 Å². The number of benzene rings is 1. The second-order valence-electron chi connectivity index (χ2n) is 3.38. The van der Waals surface area contributed by atoms with Crippen LogP contribution in [-0.2, 0) is 15.0 Å². The van der Waals surface area contributed by atoms with Crippen molar-refractivity contribution in [3.63, 3.8) is 0 Å². The van der Waals surface area contributed by atoms with Gasteiger partial charge in [0.2, 0.25) is 0 Å². The maximum Gasteiger partial charge on any atom is 0.301 e. The molecule has 0 spiro atoms. The van der Waals surface area contributed by atoms with Gasteiger partial charge in [0.25, 0.3) is 0 Å². The lowest BCUT2D eigenvalue weighted by atomic mass is 10.3. The van der Waals surface area contributed by atoms with E-state index in [2.05, 4.69) is 0 Å². The topological polar surface area (TPSA) is 67.9 Å². The van der Waals surface area contributed by atoms with Crippen LogP contribution >= 0.6 is 0 Å². The summed E-state index contributed by atoms with van der Waals surface area (Å²) in [5.74, 6) is 0.714. The summed E-state index contributed by atoms with van der Waals surface area (Å²) in [6, 6.07) is 9.21. The van der Waals surface area contributed by atoms with Crippen LogP contribution in [0.5, 0.6) is 5.75 Å². The molecule has 0 heterocycles. The first-order chi connectivity index (χ1) is 8.02. The number of nitrogens with one attached hydrogen (secondary N) is 1. The van der Waals surface area contributed by atoms with E-state index in [9.17, 15) is 8.42 Å². The van der Waals surface area contributed by atoms with E-state index in [1.807, 2.05) is 35.2 Å². The Morgan fingerprint density at radius 3 is 2.41 bits per heavy atom. The molecule has 0 saturated heterocycles. The standard InChI is InChI=1S/C10H16N2O4S/c1-12(2)17(13,14)11-16-9-8-15-10-6-4-3-5-7-10/h3-7,11H,8-9H2,1-2H3. The molecule has 96 valence electrons. The van der Waals surface area contributed by atoms with Crippen LogP contribution < -0.4 is 9.62 Å². The molecular weight excluding hydrogens is 244 g/mol. The smallest absolute Gasteiger partial charge is 0.301 e. The van der Waals surface area contributed by atoms with E-state index in [1.165, 1.54) is 14.1 Å². The van der Waals surface area contributed by atoms with Gasteiger partial charge in [-0.25, -0.2) is 0 Å². The molecular formula is C10H16N2O4S. The lowest BCUT2D eigenvalue weighted by Crippen LogP contribution is -2.36. The minimum absolute atomic E-state index is 0.127. The van der Waals surface area contributed by atoms with E-state index in [1.54, 1.807) is 0 Å². The highest BCUT2D eigenvalue weighted by molar-refractivity contribution is 7.86. The molecule has 1 rings (SSSR count). The highest BCUT2D eigenvalue weighted by Gasteiger charge is 2.12. The molecule has 0 amide bonds. The van der Waals surface area contributed by atoms with Crippen LogP contribution in [0.3, 0.4) is 0 Å². The molecule has 0 radical (unpaired) electrons. The van der Waals surface area contributed by atoms with Gasteiger partial charge in [0, 0.05) is 14.1 Å². The fraction of sp³-hybridized carbons (Fsp3) is 0.400. The molecule has 17 heavy (non-hydrogen) atoms. The molecule has 0 saturated carbocycles. The fourth-order valence-corrected chi connectivity index (χ4v) is 1.29. The van der Waals surface area contributed by atoms with Gasteiger partial charge >= 0.3 is 10.2 Å². The Morgan fingerprint density at radius 1 is 1.18 bits per heavy atom. The Morgan fingerprint density at radius 2 is 1.82 bits per heavy atom. The van der Waals surface area contributed by atoms with Crippen molar-refractivity contribution in [2.75, 3.05) is 27.3 Å². The third-order valence-electron chi connectivity index (χ3n) is 1.84. The summed E-state index contributed by atoms with van der Waals surface area (Å²) in [7, 11) is -0.720. The Hall–Kier alpha value is -1.15. The average molecular weight is 260 g/mol. The minimum Gasteiger partial charge on any atom is -0.491 e. The van der Waals surface area contributed by atoms with Gasteiger partial charge in [0.1, 0.15) is 19.0 Å². The molecule has 6 nitrogen and oxygen atoms in total. The Labute approximate surface area is 101 Å². The molecule has 0 aromatic heterocycles. The van der Waals surface area contributed by atoms with Crippen molar-refractivity contribution in [1.82, 2.24) is 9.19 Å². The SMILES string of the molecule is CN(C)S(=O)(=O)NOCCOc1ccccc1. The first-order valence-electron chi connectivity index (χ1n) is 5.01. The second kappa shape index (κ2) is 6.55. The van der Waals surface area contributed by atoms with Crippen molar-refractivity contribution >= 4 is 10.2 Å². The lowest BCUT2D eigenvalue weighted by molar-refractivity contribution is 0.0638.